The smallest absolute Gasteiger partial charge is 0.255 e. The summed E-state index contributed by atoms with van der Waals surface area (Å²) in [5.74, 6) is -1.04. The summed E-state index contributed by atoms with van der Waals surface area (Å²) in [7, 11) is 0. The zero-order valence-electron chi connectivity index (χ0n) is 14.5. The van der Waals surface area contributed by atoms with Gasteiger partial charge in [-0.25, -0.2) is 4.39 Å². The normalized spacial score (nSPS) is 16.2. The van der Waals surface area contributed by atoms with Crippen LogP contribution in [0.15, 0.2) is 30.5 Å². The number of primary amides is 1. The molecule has 0 saturated heterocycles. The molecule has 6 nitrogen and oxygen atoms in total. The highest BCUT2D eigenvalue weighted by Crippen LogP contribution is 2.29. The van der Waals surface area contributed by atoms with Crippen molar-refractivity contribution in [3.05, 3.63) is 41.8 Å². The van der Waals surface area contributed by atoms with Crippen molar-refractivity contribution in [1.29, 1.82) is 0 Å². The molecule has 26 heavy (non-hydrogen) atoms. The molecule has 1 heterocycles. The SMILES string of the molecule is NC(=O)C[C@H](NC(=O)c1cn[nH]c1-c1ccccc1F)C1CCCCC1. The summed E-state index contributed by atoms with van der Waals surface area (Å²) < 4.78 is 14.1. The maximum absolute atomic E-state index is 14.1. The fourth-order valence-corrected chi connectivity index (χ4v) is 3.66. The Balaban J connectivity index is 1.81. The number of H-pyrrole nitrogens is 1. The number of benzene rings is 1. The average Bonchev–Trinajstić information content (AvgIpc) is 3.11. The molecule has 0 unspecified atom stereocenters. The number of halogens is 1. The van der Waals surface area contributed by atoms with Crippen LogP contribution in [0.5, 0.6) is 0 Å². The number of nitrogens with two attached hydrogens (primary N) is 1. The van der Waals surface area contributed by atoms with Gasteiger partial charge in [0.15, 0.2) is 0 Å². The molecular formula is C19H23FN4O2. The summed E-state index contributed by atoms with van der Waals surface area (Å²) in [4.78, 5) is 24.3. The number of aromatic nitrogens is 2. The van der Waals surface area contributed by atoms with Crippen LogP contribution in [0.25, 0.3) is 11.3 Å². The number of carbonyl (C=O) groups excluding carboxylic acids is 2. The van der Waals surface area contributed by atoms with Crippen molar-refractivity contribution in [2.45, 2.75) is 44.6 Å². The van der Waals surface area contributed by atoms with Crippen LogP contribution in [0.3, 0.4) is 0 Å². The quantitative estimate of drug-likeness (QED) is 0.740. The summed E-state index contributed by atoms with van der Waals surface area (Å²) in [6.07, 6.45) is 6.74. The average molecular weight is 358 g/mol. The van der Waals surface area contributed by atoms with Crippen molar-refractivity contribution >= 4 is 11.8 Å². The zero-order valence-corrected chi connectivity index (χ0v) is 14.5. The molecule has 2 aromatic rings. The van der Waals surface area contributed by atoms with Crippen LogP contribution in [-0.2, 0) is 4.79 Å². The Bertz CT molecular complexity index is 783. The van der Waals surface area contributed by atoms with Crippen molar-refractivity contribution in [3.63, 3.8) is 0 Å². The van der Waals surface area contributed by atoms with Gasteiger partial charge in [0.2, 0.25) is 5.91 Å². The van der Waals surface area contributed by atoms with Crippen molar-refractivity contribution in [1.82, 2.24) is 15.5 Å². The van der Waals surface area contributed by atoms with Gasteiger partial charge in [0.05, 0.1) is 17.5 Å². The molecule has 1 fully saturated rings. The predicted octanol–water partition coefficient (Wildman–Crippen LogP) is 2.77. The molecule has 2 amide bonds. The molecule has 4 N–H and O–H groups in total. The lowest BCUT2D eigenvalue weighted by atomic mass is 9.82. The van der Waals surface area contributed by atoms with Crippen LogP contribution in [0.2, 0.25) is 0 Å². The maximum atomic E-state index is 14.1. The second-order valence-corrected chi connectivity index (χ2v) is 6.79. The van der Waals surface area contributed by atoms with Crippen molar-refractivity contribution in [2.75, 3.05) is 0 Å². The Morgan fingerprint density at radius 3 is 2.69 bits per heavy atom. The van der Waals surface area contributed by atoms with E-state index in [1.165, 1.54) is 18.7 Å². The first-order chi connectivity index (χ1) is 12.6. The molecule has 0 bridgehead atoms. The molecule has 1 aliphatic carbocycles. The van der Waals surface area contributed by atoms with Gasteiger partial charge in [-0.05, 0) is 30.9 Å². The van der Waals surface area contributed by atoms with Crippen LogP contribution >= 0.6 is 0 Å². The fraction of sp³-hybridized carbons (Fsp3) is 0.421. The van der Waals surface area contributed by atoms with E-state index in [4.69, 9.17) is 5.73 Å². The number of hydrogen-bond acceptors (Lipinski definition) is 3. The second-order valence-electron chi connectivity index (χ2n) is 6.79. The third-order valence-electron chi connectivity index (χ3n) is 4.98. The van der Waals surface area contributed by atoms with E-state index in [9.17, 15) is 14.0 Å². The summed E-state index contributed by atoms with van der Waals surface area (Å²) in [5.41, 5.74) is 6.23. The maximum Gasteiger partial charge on any atom is 0.255 e. The van der Waals surface area contributed by atoms with Crippen molar-refractivity contribution < 1.29 is 14.0 Å². The molecule has 0 spiro atoms. The van der Waals surface area contributed by atoms with Crippen molar-refractivity contribution in [3.8, 4) is 11.3 Å². The van der Waals surface area contributed by atoms with Gasteiger partial charge < -0.3 is 11.1 Å². The summed E-state index contributed by atoms with van der Waals surface area (Å²) in [6.45, 7) is 0. The molecule has 1 atom stereocenters. The number of hydrogen-bond donors (Lipinski definition) is 3. The Morgan fingerprint density at radius 1 is 1.27 bits per heavy atom. The summed E-state index contributed by atoms with van der Waals surface area (Å²) in [6, 6.07) is 5.88. The van der Waals surface area contributed by atoms with E-state index in [1.54, 1.807) is 18.2 Å². The first-order valence-corrected chi connectivity index (χ1v) is 8.93. The van der Waals surface area contributed by atoms with Crippen LogP contribution in [-0.4, -0.2) is 28.1 Å². The van der Waals surface area contributed by atoms with E-state index < -0.39 is 11.7 Å². The molecule has 1 aromatic carbocycles. The number of carbonyl (C=O) groups is 2. The van der Waals surface area contributed by atoms with Crippen LogP contribution in [0.4, 0.5) is 4.39 Å². The number of amides is 2. The van der Waals surface area contributed by atoms with E-state index in [-0.39, 0.29) is 35.4 Å². The highest BCUT2D eigenvalue weighted by Gasteiger charge is 2.28. The number of nitrogens with one attached hydrogen (secondary N) is 2. The lowest BCUT2D eigenvalue weighted by molar-refractivity contribution is -0.118. The van der Waals surface area contributed by atoms with Gasteiger partial charge >= 0.3 is 0 Å². The topological polar surface area (TPSA) is 101 Å². The minimum atomic E-state index is -0.442. The predicted molar refractivity (Wildman–Crippen MR) is 95.6 cm³/mol. The van der Waals surface area contributed by atoms with E-state index in [0.29, 0.717) is 5.69 Å². The minimum absolute atomic E-state index is 0.100. The van der Waals surface area contributed by atoms with E-state index in [0.717, 1.165) is 25.7 Å². The minimum Gasteiger partial charge on any atom is -0.370 e. The standard InChI is InChI=1S/C19H23FN4O2/c20-15-9-5-4-8-13(15)18-14(11-22-24-18)19(26)23-16(10-17(21)25)12-6-2-1-3-7-12/h4-5,8-9,11-12,16H,1-3,6-7,10H2,(H2,21,25)(H,22,24)(H,23,26)/t16-/m0/s1. The molecule has 7 heteroatoms. The Labute approximate surface area is 151 Å². The van der Waals surface area contributed by atoms with Gasteiger partial charge in [-0.15, -0.1) is 0 Å². The first-order valence-electron chi connectivity index (χ1n) is 8.93. The Hall–Kier alpha value is -2.70. The molecule has 1 saturated carbocycles. The third-order valence-corrected chi connectivity index (χ3v) is 4.98. The third kappa shape index (κ3) is 4.09. The lowest BCUT2D eigenvalue weighted by Gasteiger charge is -2.30. The molecule has 3 rings (SSSR count). The van der Waals surface area contributed by atoms with Gasteiger partial charge in [0.25, 0.3) is 5.91 Å². The second kappa shape index (κ2) is 8.12. The van der Waals surface area contributed by atoms with Gasteiger partial charge in [-0.1, -0.05) is 31.4 Å². The van der Waals surface area contributed by atoms with Gasteiger partial charge in [-0.2, -0.15) is 5.10 Å². The molecule has 0 aliphatic heterocycles. The van der Waals surface area contributed by atoms with E-state index >= 15 is 0 Å². The van der Waals surface area contributed by atoms with Crippen LogP contribution < -0.4 is 11.1 Å². The summed E-state index contributed by atoms with van der Waals surface area (Å²) in [5, 5.41) is 9.52. The van der Waals surface area contributed by atoms with Gasteiger partial charge in [0.1, 0.15) is 5.82 Å². The number of rotatable bonds is 6. The number of nitrogens with zero attached hydrogens (tertiary/aromatic N) is 1. The van der Waals surface area contributed by atoms with Gasteiger partial charge in [-0.3, -0.25) is 14.7 Å². The van der Waals surface area contributed by atoms with E-state index in [2.05, 4.69) is 15.5 Å². The van der Waals surface area contributed by atoms with E-state index in [1.807, 2.05) is 0 Å². The Kier molecular flexibility index (Phi) is 5.65. The first kappa shape index (κ1) is 18.1. The molecule has 0 radical (unpaired) electrons. The zero-order chi connectivity index (χ0) is 18.5. The molecule has 1 aliphatic rings. The molecular weight excluding hydrogens is 335 g/mol. The van der Waals surface area contributed by atoms with Gasteiger partial charge in [0, 0.05) is 18.0 Å². The van der Waals surface area contributed by atoms with Crippen molar-refractivity contribution in [2.24, 2.45) is 11.7 Å². The number of aromatic amines is 1. The fourth-order valence-electron chi connectivity index (χ4n) is 3.66. The van der Waals surface area contributed by atoms with Crippen LogP contribution in [0.1, 0.15) is 48.9 Å². The van der Waals surface area contributed by atoms with Crippen LogP contribution in [0, 0.1) is 11.7 Å². The molecule has 1 aromatic heterocycles. The molecule has 138 valence electrons. The highest BCUT2D eigenvalue weighted by molar-refractivity contribution is 6.00. The lowest BCUT2D eigenvalue weighted by Crippen LogP contribution is -2.43. The Morgan fingerprint density at radius 2 is 2.00 bits per heavy atom. The monoisotopic (exact) mass is 358 g/mol. The largest absolute Gasteiger partial charge is 0.370 e. The highest BCUT2D eigenvalue weighted by atomic mass is 19.1. The summed E-state index contributed by atoms with van der Waals surface area (Å²) >= 11 is 0.